The Kier molecular flexibility index (Phi) is 10.3. The minimum atomic E-state index is 0. The van der Waals surface area contributed by atoms with E-state index in [9.17, 15) is 0 Å². The molecule has 0 radical (unpaired) electrons. The summed E-state index contributed by atoms with van der Waals surface area (Å²) < 4.78 is 0. The Labute approximate surface area is 183 Å². The van der Waals surface area contributed by atoms with E-state index in [-0.39, 0.29) is 21.0 Å². The van der Waals surface area contributed by atoms with Crippen molar-refractivity contribution >= 4 is 17.0 Å². The molecule has 5 rings (SSSR count). The minimum absolute atomic E-state index is 0. The summed E-state index contributed by atoms with van der Waals surface area (Å²) in [4.78, 5) is 0. The topological polar surface area (TPSA) is 0 Å². The Hall–Kier alpha value is -1.80. The normalized spacial score (nSPS) is 9.89. The largest absolute Gasteiger partial charge is 0.358 e. The van der Waals surface area contributed by atoms with Crippen LogP contribution in [0.25, 0.3) is 21.9 Å². The standard InChI is InChI=1S/C13H9.C9H7.C2H6Si.2CH3.Ti/c1-3-7-12-10(5-1)9-11-6-2-4-8-13(11)12;1-2-5-9-7-3-6-8(9)4-1;1-3-2;;;/h1-5,7-8H,9H2;1-7H;1-2H3;2*1H3;/q2*-1;;2*-1;. The van der Waals surface area contributed by atoms with Crippen molar-refractivity contribution in [1.29, 1.82) is 0 Å². The Morgan fingerprint density at radius 1 is 0.857 bits per heavy atom. The molecule has 144 valence electrons. The monoisotopic (exact) mass is 416 g/mol. The summed E-state index contributed by atoms with van der Waals surface area (Å²) in [7, 11) is 0. The van der Waals surface area contributed by atoms with Crippen molar-refractivity contribution in [2.75, 3.05) is 0 Å². The molecule has 0 bridgehead atoms. The maximum absolute atomic E-state index is 3.30. The summed E-state index contributed by atoms with van der Waals surface area (Å²) in [6.07, 6.45) is 1.17. The van der Waals surface area contributed by atoms with Gasteiger partial charge in [0.05, 0.1) is 0 Å². The van der Waals surface area contributed by atoms with Gasteiger partial charge in [-0.3, -0.25) is 0 Å². The van der Waals surface area contributed by atoms with Crippen LogP contribution in [-0.4, -0.2) is 6.19 Å². The van der Waals surface area contributed by atoms with E-state index in [1.807, 2.05) is 6.07 Å². The average Bonchev–Trinajstić information content (AvgIpc) is 3.26. The molecule has 0 N–H and O–H groups in total. The molecular formula is C26H28SiTi-4. The fraction of sp³-hybridized carbons (Fsp3) is 0.115. The van der Waals surface area contributed by atoms with E-state index >= 15 is 0 Å². The first kappa shape index (κ1) is 24.2. The quantitative estimate of drug-likeness (QED) is 0.183. The Morgan fingerprint density at radius 2 is 1.50 bits per heavy atom. The second-order valence-corrected chi connectivity index (χ2v) is 13.2. The van der Waals surface area contributed by atoms with Crippen molar-refractivity contribution < 1.29 is 19.2 Å². The van der Waals surface area contributed by atoms with Gasteiger partial charge in [-0.05, 0) is 6.42 Å². The van der Waals surface area contributed by atoms with Gasteiger partial charge in [0.2, 0.25) is 0 Å². The van der Waals surface area contributed by atoms with E-state index in [0.717, 1.165) is 6.42 Å². The molecule has 1 aliphatic carbocycles. The zero-order valence-electron chi connectivity index (χ0n) is 17.3. The van der Waals surface area contributed by atoms with Crippen LogP contribution in [0.1, 0.15) is 11.1 Å². The number of hydrogen-bond acceptors (Lipinski definition) is 0. The van der Waals surface area contributed by atoms with Gasteiger partial charge in [-0.15, -0.1) is 35.2 Å². The fourth-order valence-electron chi connectivity index (χ4n) is 3.07. The van der Waals surface area contributed by atoms with Gasteiger partial charge in [0.15, 0.2) is 0 Å². The van der Waals surface area contributed by atoms with Crippen molar-refractivity contribution in [3.05, 3.63) is 117 Å². The molecular weight excluding hydrogens is 388 g/mol. The number of benzene rings is 3. The fourth-order valence-corrected chi connectivity index (χ4v) is 3.07. The van der Waals surface area contributed by atoms with Gasteiger partial charge in [0.1, 0.15) is 0 Å². The third-order valence-corrected chi connectivity index (χ3v) is 4.16. The number of rotatable bonds is 0. The summed E-state index contributed by atoms with van der Waals surface area (Å²) in [6, 6.07) is 32.8. The zero-order valence-corrected chi connectivity index (χ0v) is 19.9. The van der Waals surface area contributed by atoms with Crippen LogP contribution in [0.5, 0.6) is 0 Å². The maximum Gasteiger partial charge on any atom is -0.0253 e. The molecule has 0 unspecified atom stereocenters. The molecule has 0 atom stereocenters. The predicted molar refractivity (Wildman–Crippen MR) is 123 cm³/mol. The summed E-state index contributed by atoms with van der Waals surface area (Å²) in [5.74, 6) is 0. The number of fused-ring (bicyclic) bond motifs is 4. The van der Waals surface area contributed by atoms with Crippen LogP contribution in [0.4, 0.5) is 0 Å². The van der Waals surface area contributed by atoms with Crippen LogP contribution in [0.3, 0.4) is 0 Å². The van der Waals surface area contributed by atoms with Gasteiger partial charge in [0, 0.05) is 0 Å². The number of hydrogen-bond donors (Lipinski definition) is 0. The molecule has 0 heterocycles. The minimum Gasteiger partial charge on any atom is -0.358 e. The molecule has 4 aromatic rings. The molecule has 0 saturated carbocycles. The summed E-state index contributed by atoms with van der Waals surface area (Å²) in [5.41, 5.74) is 5.51. The molecule has 0 saturated heterocycles. The van der Waals surface area contributed by atoms with E-state index in [2.05, 4.69) is 117 Å². The third-order valence-electron chi connectivity index (χ3n) is 4.16. The van der Waals surface area contributed by atoms with Gasteiger partial charge in [-0.25, -0.2) is 0 Å². The van der Waals surface area contributed by atoms with Gasteiger partial charge in [-0.1, -0.05) is 41.5 Å². The van der Waals surface area contributed by atoms with Gasteiger partial charge >= 0.3 is 38.5 Å². The van der Waals surface area contributed by atoms with E-state index in [4.69, 9.17) is 0 Å². The molecule has 4 aromatic carbocycles. The first-order valence-corrected chi connectivity index (χ1v) is 13.7. The molecule has 0 nitrogen and oxygen atoms in total. The van der Waals surface area contributed by atoms with Crippen LogP contribution >= 0.6 is 0 Å². The van der Waals surface area contributed by atoms with Gasteiger partial charge in [-0.2, -0.15) is 47.3 Å². The summed E-state index contributed by atoms with van der Waals surface area (Å²) >= 11 is 2.27. The van der Waals surface area contributed by atoms with E-state index < -0.39 is 0 Å². The van der Waals surface area contributed by atoms with E-state index in [1.54, 1.807) is 0 Å². The third kappa shape index (κ3) is 6.38. The Balaban J connectivity index is 0.000000231. The molecule has 0 fully saturated rings. The van der Waals surface area contributed by atoms with Gasteiger partial charge < -0.3 is 14.9 Å². The summed E-state index contributed by atoms with van der Waals surface area (Å²) in [6.45, 7) is 4.54. The zero-order chi connectivity index (χ0) is 18.4. The molecule has 28 heavy (non-hydrogen) atoms. The Morgan fingerprint density at radius 3 is 2.25 bits per heavy atom. The second-order valence-electron chi connectivity index (χ2n) is 6.55. The van der Waals surface area contributed by atoms with Crippen LogP contribution in [-0.2, 0) is 25.6 Å². The average molecular weight is 416 g/mol. The van der Waals surface area contributed by atoms with Crippen molar-refractivity contribution in [2.24, 2.45) is 0 Å². The second kappa shape index (κ2) is 11.9. The van der Waals surface area contributed by atoms with Crippen LogP contribution in [0.2, 0.25) is 13.1 Å². The summed E-state index contributed by atoms with van der Waals surface area (Å²) in [5, 5.41) is 2.66. The first-order chi connectivity index (χ1) is 12.6. The maximum atomic E-state index is 3.30. The molecule has 2 heteroatoms. The van der Waals surface area contributed by atoms with Crippen molar-refractivity contribution in [1.82, 2.24) is 0 Å². The van der Waals surface area contributed by atoms with Crippen molar-refractivity contribution in [3.8, 4) is 11.1 Å². The van der Waals surface area contributed by atoms with Crippen molar-refractivity contribution in [2.45, 2.75) is 19.5 Å². The molecule has 0 aromatic heterocycles. The van der Waals surface area contributed by atoms with Gasteiger partial charge in [0.25, 0.3) is 0 Å². The van der Waals surface area contributed by atoms with Crippen LogP contribution < -0.4 is 0 Å². The SMILES string of the molecule is C[Si](C)=[Ti].[CH3-].[CH3-].[c-]1cccc2c1Cc1ccccc1-2.c1ccc2[cH-]ccc2c1. The first-order valence-electron chi connectivity index (χ1n) is 8.85. The van der Waals surface area contributed by atoms with Crippen LogP contribution in [0.15, 0.2) is 84.9 Å². The Bertz CT molecular complexity index is 936. The molecule has 0 amide bonds. The van der Waals surface area contributed by atoms with E-state index in [1.165, 1.54) is 33.0 Å². The molecule has 1 aliphatic rings. The smallest absolute Gasteiger partial charge is 0.0253 e. The molecule has 0 spiro atoms. The molecule has 0 aliphatic heterocycles. The van der Waals surface area contributed by atoms with Crippen molar-refractivity contribution in [3.63, 3.8) is 0 Å². The predicted octanol–water partition coefficient (Wildman–Crippen LogP) is 7.30. The van der Waals surface area contributed by atoms with Crippen LogP contribution in [0, 0.1) is 20.9 Å². The van der Waals surface area contributed by atoms with E-state index in [0.29, 0.717) is 0 Å².